The van der Waals surface area contributed by atoms with Gasteiger partial charge in [-0.2, -0.15) is 5.10 Å². The molecular formula is C14H13N5O3. The fourth-order valence-electron chi connectivity index (χ4n) is 1.85. The van der Waals surface area contributed by atoms with Crippen LogP contribution >= 0.6 is 0 Å². The molecule has 5 N–H and O–H groups in total. The Bertz CT molecular complexity index is 743. The number of carbonyl (C=O) groups is 1. The smallest absolute Gasteiger partial charge is 0.332 e. The molecule has 22 heavy (non-hydrogen) atoms. The van der Waals surface area contributed by atoms with Crippen molar-refractivity contribution in [3.63, 3.8) is 0 Å². The monoisotopic (exact) mass is 299 g/mol. The minimum atomic E-state index is -0.850. The van der Waals surface area contributed by atoms with Crippen LogP contribution in [0.25, 0.3) is 0 Å². The van der Waals surface area contributed by atoms with Gasteiger partial charge in [0.25, 0.3) is 5.69 Å². The molecule has 2 aromatic rings. The number of nitro benzene ring substituents is 1. The molecule has 0 saturated carbocycles. The number of carbonyl (C=O) groups excluding carboxylic acids is 1. The molecule has 2 amide bonds. The lowest BCUT2D eigenvalue weighted by Gasteiger charge is -2.10. The average molecular weight is 299 g/mol. The molecule has 0 heterocycles. The maximum atomic E-state index is 10.9. The minimum absolute atomic E-state index is 0.132. The quantitative estimate of drug-likeness (QED) is 0.341. The van der Waals surface area contributed by atoms with Gasteiger partial charge in [-0.1, -0.05) is 30.3 Å². The van der Waals surface area contributed by atoms with Gasteiger partial charge in [-0.05, 0) is 6.07 Å². The highest BCUT2D eigenvalue weighted by molar-refractivity contribution is 6.16. The Hall–Kier alpha value is -3.42. The normalized spacial score (nSPS) is 11.0. The molecular weight excluding hydrogens is 286 g/mol. The summed E-state index contributed by atoms with van der Waals surface area (Å²) in [6.45, 7) is 0. The van der Waals surface area contributed by atoms with Gasteiger partial charge in [-0.3, -0.25) is 10.1 Å². The largest absolute Gasteiger partial charge is 0.398 e. The van der Waals surface area contributed by atoms with Gasteiger partial charge in [0.1, 0.15) is 5.71 Å². The Morgan fingerprint density at radius 1 is 1.18 bits per heavy atom. The number of hydrazone groups is 1. The van der Waals surface area contributed by atoms with Gasteiger partial charge in [-0.15, -0.1) is 0 Å². The summed E-state index contributed by atoms with van der Waals surface area (Å²) in [6, 6.07) is 12.0. The summed E-state index contributed by atoms with van der Waals surface area (Å²) in [5.74, 6) is 0. The van der Waals surface area contributed by atoms with Crippen LogP contribution in [0.1, 0.15) is 11.1 Å². The second-order valence-electron chi connectivity index (χ2n) is 4.33. The molecule has 2 rings (SSSR count). The number of nitro groups is 1. The third-order valence-corrected chi connectivity index (χ3v) is 2.83. The van der Waals surface area contributed by atoms with Crippen LogP contribution in [0.3, 0.4) is 0 Å². The van der Waals surface area contributed by atoms with Gasteiger partial charge >= 0.3 is 6.03 Å². The number of nitrogens with one attached hydrogen (secondary N) is 1. The highest BCUT2D eigenvalue weighted by Gasteiger charge is 2.15. The first-order valence-electron chi connectivity index (χ1n) is 6.22. The van der Waals surface area contributed by atoms with Crippen LogP contribution in [0.2, 0.25) is 0 Å². The first kappa shape index (κ1) is 15.0. The van der Waals surface area contributed by atoms with Crippen molar-refractivity contribution in [1.29, 1.82) is 0 Å². The van der Waals surface area contributed by atoms with Crippen LogP contribution in [0, 0.1) is 10.1 Å². The molecule has 2 aromatic carbocycles. The third-order valence-electron chi connectivity index (χ3n) is 2.83. The number of nitrogens with zero attached hydrogens (tertiary/aromatic N) is 2. The predicted molar refractivity (Wildman–Crippen MR) is 82.3 cm³/mol. The number of primary amides is 1. The number of anilines is 1. The maximum absolute atomic E-state index is 10.9. The highest BCUT2D eigenvalue weighted by atomic mass is 16.6. The summed E-state index contributed by atoms with van der Waals surface area (Å²) in [7, 11) is 0. The van der Waals surface area contributed by atoms with Crippen LogP contribution in [-0.2, 0) is 0 Å². The van der Waals surface area contributed by atoms with E-state index in [0.717, 1.165) is 0 Å². The summed E-state index contributed by atoms with van der Waals surface area (Å²) in [4.78, 5) is 21.3. The highest BCUT2D eigenvalue weighted by Crippen LogP contribution is 2.23. The van der Waals surface area contributed by atoms with Crippen LogP contribution < -0.4 is 16.9 Å². The van der Waals surface area contributed by atoms with E-state index >= 15 is 0 Å². The second kappa shape index (κ2) is 6.35. The molecule has 0 radical (unpaired) electrons. The maximum Gasteiger partial charge on any atom is 0.332 e. The number of hydrogen-bond donors (Lipinski definition) is 3. The lowest BCUT2D eigenvalue weighted by atomic mass is 10.0. The summed E-state index contributed by atoms with van der Waals surface area (Å²) < 4.78 is 0. The van der Waals surface area contributed by atoms with Crippen LogP contribution in [0.5, 0.6) is 0 Å². The Balaban J connectivity index is 2.59. The number of rotatable bonds is 4. The van der Waals surface area contributed by atoms with Gasteiger partial charge in [0, 0.05) is 28.9 Å². The van der Waals surface area contributed by atoms with Gasteiger partial charge in [0.05, 0.1) is 4.92 Å². The van der Waals surface area contributed by atoms with Gasteiger partial charge < -0.3 is 11.5 Å². The molecule has 0 aliphatic carbocycles. The number of non-ortho nitro benzene ring substituents is 1. The fourth-order valence-corrected chi connectivity index (χ4v) is 1.85. The molecule has 0 fully saturated rings. The molecule has 0 spiro atoms. The van der Waals surface area contributed by atoms with E-state index < -0.39 is 11.0 Å². The number of amides is 2. The van der Waals surface area contributed by atoms with E-state index in [2.05, 4.69) is 10.5 Å². The Morgan fingerprint density at radius 2 is 1.86 bits per heavy atom. The Kier molecular flexibility index (Phi) is 4.33. The number of nitrogens with two attached hydrogens (primary N) is 2. The molecule has 8 heteroatoms. The molecule has 0 aromatic heterocycles. The van der Waals surface area contributed by atoms with Crippen molar-refractivity contribution < 1.29 is 9.72 Å². The lowest BCUT2D eigenvalue weighted by molar-refractivity contribution is -0.384. The SMILES string of the molecule is NC(=O)NN=C(c1ccccc1)c1cc([N+](=O)[O-])ccc1N. The molecule has 0 saturated heterocycles. The van der Waals surface area contributed by atoms with Crippen LogP contribution in [0.15, 0.2) is 53.6 Å². The van der Waals surface area contributed by atoms with E-state index in [-0.39, 0.29) is 11.4 Å². The molecule has 0 bridgehead atoms. The number of benzene rings is 2. The van der Waals surface area contributed by atoms with Crippen LogP contribution in [-0.4, -0.2) is 16.7 Å². The summed E-state index contributed by atoms with van der Waals surface area (Å²) in [5.41, 5.74) is 14.4. The van der Waals surface area contributed by atoms with Gasteiger partial charge in [-0.25, -0.2) is 10.2 Å². The van der Waals surface area contributed by atoms with Gasteiger partial charge in [0.15, 0.2) is 0 Å². The van der Waals surface area contributed by atoms with E-state index in [1.807, 2.05) is 0 Å². The zero-order chi connectivity index (χ0) is 16.1. The first-order valence-corrected chi connectivity index (χ1v) is 6.22. The molecule has 112 valence electrons. The predicted octanol–water partition coefficient (Wildman–Crippen LogP) is 1.60. The zero-order valence-corrected chi connectivity index (χ0v) is 11.4. The topological polar surface area (TPSA) is 137 Å². The number of urea groups is 1. The standard InChI is InChI=1S/C14H13N5O3/c15-12-7-6-10(19(21)22)8-11(12)13(17-18-14(16)20)9-4-2-1-3-5-9/h1-8H,15H2,(H3,16,18,20). The molecule has 0 aliphatic rings. The van der Waals surface area contributed by atoms with E-state index in [1.54, 1.807) is 30.3 Å². The van der Waals surface area contributed by atoms with E-state index in [0.29, 0.717) is 16.8 Å². The minimum Gasteiger partial charge on any atom is -0.398 e. The first-order chi connectivity index (χ1) is 10.5. The lowest BCUT2D eigenvalue weighted by Crippen LogP contribution is -2.26. The second-order valence-corrected chi connectivity index (χ2v) is 4.33. The molecule has 0 aliphatic heterocycles. The van der Waals surface area contributed by atoms with Crippen LogP contribution in [0.4, 0.5) is 16.2 Å². The fraction of sp³-hybridized carbons (Fsp3) is 0. The van der Waals surface area contributed by atoms with Crippen molar-refractivity contribution in [2.45, 2.75) is 0 Å². The zero-order valence-electron chi connectivity index (χ0n) is 11.4. The van der Waals surface area contributed by atoms with Crippen molar-refractivity contribution in [2.24, 2.45) is 10.8 Å². The van der Waals surface area contributed by atoms with Crippen molar-refractivity contribution in [1.82, 2.24) is 5.43 Å². The molecule has 8 nitrogen and oxygen atoms in total. The van der Waals surface area contributed by atoms with Crippen molar-refractivity contribution in [3.8, 4) is 0 Å². The Labute approximate surface area is 125 Å². The molecule has 0 atom stereocenters. The van der Waals surface area contributed by atoms with Gasteiger partial charge in [0.2, 0.25) is 0 Å². The van der Waals surface area contributed by atoms with E-state index in [1.165, 1.54) is 18.2 Å². The van der Waals surface area contributed by atoms with Crippen molar-refractivity contribution >= 4 is 23.1 Å². The summed E-state index contributed by atoms with van der Waals surface area (Å²) in [6.07, 6.45) is 0. The Morgan fingerprint density at radius 3 is 2.45 bits per heavy atom. The number of nitrogen functional groups attached to an aromatic ring is 1. The van der Waals surface area contributed by atoms with E-state index in [4.69, 9.17) is 11.5 Å². The third kappa shape index (κ3) is 3.37. The van der Waals surface area contributed by atoms with E-state index in [9.17, 15) is 14.9 Å². The molecule has 0 unspecified atom stereocenters. The average Bonchev–Trinajstić information content (AvgIpc) is 2.49. The summed E-state index contributed by atoms with van der Waals surface area (Å²) >= 11 is 0. The van der Waals surface area contributed by atoms with Crippen molar-refractivity contribution in [2.75, 3.05) is 5.73 Å². The number of hydrogen-bond acceptors (Lipinski definition) is 5. The van der Waals surface area contributed by atoms with Crippen molar-refractivity contribution in [3.05, 3.63) is 69.8 Å². The summed E-state index contributed by atoms with van der Waals surface area (Å²) in [5, 5.41) is 14.8.